The molecule has 1 amide bonds. The number of hydrogen-bond donors (Lipinski definition) is 1. The van der Waals surface area contributed by atoms with Gasteiger partial charge in [-0.1, -0.05) is 0 Å². The Kier molecular flexibility index (Phi) is 4.92. The molecule has 1 N–H and O–H groups in total. The van der Waals surface area contributed by atoms with Crippen molar-refractivity contribution in [3.05, 3.63) is 46.9 Å². The van der Waals surface area contributed by atoms with Crippen molar-refractivity contribution in [2.24, 2.45) is 0 Å². The smallest absolute Gasteiger partial charge is 0.270 e. The Morgan fingerprint density at radius 3 is 2.76 bits per heavy atom. The first-order valence-electron chi connectivity index (χ1n) is 5.79. The van der Waals surface area contributed by atoms with E-state index in [-0.39, 0.29) is 16.3 Å². The first kappa shape index (κ1) is 15.9. The van der Waals surface area contributed by atoms with Gasteiger partial charge in [0.1, 0.15) is 4.21 Å². The Morgan fingerprint density at radius 1 is 1.38 bits per heavy atom. The molecule has 0 aliphatic rings. The molecule has 112 valence electrons. The number of rotatable bonds is 5. The Morgan fingerprint density at radius 2 is 2.14 bits per heavy atom. The third kappa shape index (κ3) is 4.23. The summed E-state index contributed by atoms with van der Waals surface area (Å²) in [5, 5.41) is 2.55. The maximum Gasteiger partial charge on any atom is 0.270 e. The molecule has 0 fully saturated rings. The minimum atomic E-state index is -3.73. The number of carbonyl (C=O) groups is 1. The lowest BCUT2D eigenvalue weighted by Crippen LogP contribution is -2.26. The molecule has 0 saturated carbocycles. The molecule has 0 spiro atoms. The zero-order chi connectivity index (χ0) is 15.5. The molecule has 0 unspecified atom stereocenters. The summed E-state index contributed by atoms with van der Waals surface area (Å²) in [7, 11) is 1.49. The van der Waals surface area contributed by atoms with Crippen molar-refractivity contribution in [1.82, 2.24) is 10.3 Å². The number of amides is 1. The first-order chi connectivity index (χ1) is 9.88. The molecule has 2 rings (SSSR count). The minimum absolute atomic E-state index is 0.0608. The SMILES string of the molecule is O=C(NCCc1ccc(S(=O)(=O)Cl)s1)c1ccncc1F. The number of nitrogens with one attached hydrogen (secondary N) is 1. The number of hydrogen-bond acceptors (Lipinski definition) is 5. The maximum atomic E-state index is 13.3. The largest absolute Gasteiger partial charge is 0.352 e. The highest BCUT2D eigenvalue weighted by molar-refractivity contribution is 8.15. The van der Waals surface area contributed by atoms with Crippen molar-refractivity contribution in [2.45, 2.75) is 10.6 Å². The molecule has 2 aromatic rings. The third-order valence-electron chi connectivity index (χ3n) is 2.55. The molecule has 0 saturated heterocycles. The van der Waals surface area contributed by atoms with Crippen molar-refractivity contribution < 1.29 is 17.6 Å². The van der Waals surface area contributed by atoms with Crippen molar-refractivity contribution in [2.75, 3.05) is 6.54 Å². The van der Waals surface area contributed by atoms with E-state index in [1.54, 1.807) is 6.07 Å². The van der Waals surface area contributed by atoms with Gasteiger partial charge in [0, 0.05) is 28.3 Å². The van der Waals surface area contributed by atoms with Gasteiger partial charge in [0.2, 0.25) is 0 Å². The molecule has 0 atom stereocenters. The fraction of sp³-hybridized carbons (Fsp3) is 0.167. The fourth-order valence-corrected chi connectivity index (χ4v) is 3.70. The van der Waals surface area contributed by atoms with Gasteiger partial charge in [-0.15, -0.1) is 11.3 Å². The monoisotopic (exact) mass is 348 g/mol. The molecular formula is C12H10ClFN2O3S2. The summed E-state index contributed by atoms with van der Waals surface area (Å²) >= 11 is 1.04. The van der Waals surface area contributed by atoms with E-state index in [1.165, 1.54) is 18.3 Å². The van der Waals surface area contributed by atoms with Crippen LogP contribution in [0.25, 0.3) is 0 Å². The number of thiophene rings is 1. The van der Waals surface area contributed by atoms with E-state index in [9.17, 15) is 17.6 Å². The van der Waals surface area contributed by atoms with Crippen LogP contribution in [0.2, 0.25) is 0 Å². The summed E-state index contributed by atoms with van der Waals surface area (Å²) in [6.07, 6.45) is 2.72. The molecule has 0 aliphatic carbocycles. The van der Waals surface area contributed by atoms with E-state index in [0.29, 0.717) is 6.42 Å². The van der Waals surface area contributed by atoms with Crippen LogP contribution in [0.5, 0.6) is 0 Å². The van der Waals surface area contributed by atoms with Crippen LogP contribution < -0.4 is 5.32 Å². The van der Waals surface area contributed by atoms with E-state index in [0.717, 1.165) is 22.4 Å². The van der Waals surface area contributed by atoms with Crippen LogP contribution in [-0.4, -0.2) is 25.9 Å². The van der Waals surface area contributed by atoms with Gasteiger partial charge in [-0.2, -0.15) is 0 Å². The predicted molar refractivity (Wildman–Crippen MR) is 77.6 cm³/mol. The Bertz CT molecular complexity index is 761. The van der Waals surface area contributed by atoms with E-state index in [4.69, 9.17) is 10.7 Å². The van der Waals surface area contributed by atoms with E-state index >= 15 is 0 Å². The average molecular weight is 349 g/mol. The summed E-state index contributed by atoms with van der Waals surface area (Å²) < 4.78 is 35.6. The zero-order valence-electron chi connectivity index (χ0n) is 10.5. The standard InChI is InChI=1S/C12H10ClFN2O3S2/c13-21(18,19)11-2-1-8(20-11)3-6-16-12(17)9-4-5-15-7-10(9)14/h1-2,4-5,7H,3,6H2,(H,16,17). The Labute approximate surface area is 129 Å². The lowest BCUT2D eigenvalue weighted by molar-refractivity contribution is 0.0950. The number of aromatic nitrogens is 1. The fourth-order valence-electron chi connectivity index (χ4n) is 1.58. The van der Waals surface area contributed by atoms with Gasteiger partial charge < -0.3 is 5.32 Å². The topological polar surface area (TPSA) is 76.1 Å². The van der Waals surface area contributed by atoms with Gasteiger partial charge in [0.25, 0.3) is 15.0 Å². The van der Waals surface area contributed by atoms with Crippen molar-refractivity contribution in [1.29, 1.82) is 0 Å². The number of nitrogens with zero attached hydrogens (tertiary/aromatic N) is 1. The summed E-state index contributed by atoms with van der Waals surface area (Å²) in [6.45, 7) is 0.253. The van der Waals surface area contributed by atoms with Crippen LogP contribution in [0.1, 0.15) is 15.2 Å². The number of carbonyl (C=O) groups excluding carboxylic acids is 1. The van der Waals surface area contributed by atoms with E-state index in [1.807, 2.05) is 0 Å². The van der Waals surface area contributed by atoms with Gasteiger partial charge in [0.05, 0.1) is 11.8 Å². The second-order valence-electron chi connectivity index (χ2n) is 4.02. The Hall–Kier alpha value is -1.51. The second-order valence-corrected chi connectivity index (χ2v) is 7.98. The first-order valence-corrected chi connectivity index (χ1v) is 8.91. The number of pyridine rings is 1. The normalized spacial score (nSPS) is 11.3. The molecule has 2 aromatic heterocycles. The highest BCUT2D eigenvalue weighted by atomic mass is 35.7. The van der Waals surface area contributed by atoms with E-state index in [2.05, 4.69) is 10.3 Å². The lowest BCUT2D eigenvalue weighted by Gasteiger charge is -2.04. The van der Waals surface area contributed by atoms with Gasteiger partial charge in [-0.25, -0.2) is 12.8 Å². The van der Waals surface area contributed by atoms with E-state index < -0.39 is 20.8 Å². The van der Waals surface area contributed by atoms with Gasteiger partial charge in [-0.3, -0.25) is 9.78 Å². The van der Waals surface area contributed by atoms with Crippen molar-refractivity contribution in [3.8, 4) is 0 Å². The summed E-state index contributed by atoms with van der Waals surface area (Å²) in [5.74, 6) is -1.24. The second kappa shape index (κ2) is 6.50. The minimum Gasteiger partial charge on any atom is -0.352 e. The van der Waals surface area contributed by atoms with Crippen LogP contribution in [0.3, 0.4) is 0 Å². The van der Waals surface area contributed by atoms with Crippen molar-refractivity contribution >= 4 is 37.0 Å². The number of halogens is 2. The van der Waals surface area contributed by atoms with Crippen LogP contribution in [0.15, 0.2) is 34.8 Å². The van der Waals surface area contributed by atoms with Crippen LogP contribution in [-0.2, 0) is 15.5 Å². The van der Waals surface area contributed by atoms with Crippen LogP contribution in [0, 0.1) is 5.82 Å². The zero-order valence-corrected chi connectivity index (χ0v) is 12.9. The predicted octanol–water partition coefficient (Wildman–Crippen LogP) is 2.18. The van der Waals surface area contributed by atoms with Gasteiger partial charge >= 0.3 is 0 Å². The van der Waals surface area contributed by atoms with Crippen LogP contribution in [0.4, 0.5) is 4.39 Å². The molecule has 0 bridgehead atoms. The third-order valence-corrected chi connectivity index (χ3v) is 5.79. The highest BCUT2D eigenvalue weighted by Gasteiger charge is 2.14. The average Bonchev–Trinajstić information content (AvgIpc) is 2.88. The molecule has 0 radical (unpaired) electrons. The molecule has 21 heavy (non-hydrogen) atoms. The summed E-state index contributed by atoms with van der Waals surface area (Å²) in [6, 6.07) is 4.32. The summed E-state index contributed by atoms with van der Waals surface area (Å²) in [4.78, 5) is 16.0. The highest BCUT2D eigenvalue weighted by Crippen LogP contribution is 2.24. The molecule has 0 aromatic carbocycles. The van der Waals surface area contributed by atoms with Crippen LogP contribution >= 0.6 is 22.0 Å². The molecule has 2 heterocycles. The van der Waals surface area contributed by atoms with Crippen molar-refractivity contribution in [3.63, 3.8) is 0 Å². The molecule has 5 nitrogen and oxygen atoms in total. The van der Waals surface area contributed by atoms with Gasteiger partial charge in [-0.05, 0) is 24.6 Å². The Balaban J connectivity index is 1.92. The summed E-state index contributed by atoms with van der Waals surface area (Å²) in [5.41, 5.74) is -0.0831. The quantitative estimate of drug-likeness (QED) is 0.840. The van der Waals surface area contributed by atoms with Gasteiger partial charge in [0.15, 0.2) is 5.82 Å². The molecular weight excluding hydrogens is 339 g/mol. The molecule has 9 heteroatoms. The maximum absolute atomic E-state index is 13.3. The molecule has 0 aliphatic heterocycles. The lowest BCUT2D eigenvalue weighted by atomic mass is 10.2.